The van der Waals surface area contributed by atoms with Crippen LogP contribution in [0.15, 0.2) is 36.7 Å². The van der Waals surface area contributed by atoms with Crippen molar-refractivity contribution in [2.45, 2.75) is 38.3 Å². The Kier molecular flexibility index (Phi) is 6.14. The van der Waals surface area contributed by atoms with E-state index in [2.05, 4.69) is 49.8 Å². The summed E-state index contributed by atoms with van der Waals surface area (Å²) in [4.78, 5) is 34.6. The largest absolute Gasteiger partial charge is 0.367 e. The first kappa shape index (κ1) is 19.5. The maximum Gasteiger partial charge on any atom is 0.270 e. The molecule has 1 amide bonds. The molecule has 1 aromatic heterocycles. The van der Waals surface area contributed by atoms with Crippen molar-refractivity contribution in [1.82, 2.24) is 20.2 Å². The van der Waals surface area contributed by atoms with Crippen molar-refractivity contribution in [3.8, 4) is 0 Å². The molecule has 2 N–H and O–H groups in total. The van der Waals surface area contributed by atoms with Crippen LogP contribution >= 0.6 is 0 Å². The molecule has 0 saturated heterocycles. The lowest BCUT2D eigenvalue weighted by Gasteiger charge is -2.30. The first-order valence-corrected chi connectivity index (χ1v) is 10.3. The Bertz CT molecular complexity index is 868. The quantitative estimate of drug-likeness (QED) is 0.668. The second-order valence-electron chi connectivity index (χ2n) is 7.92. The van der Waals surface area contributed by atoms with Crippen molar-refractivity contribution in [2.24, 2.45) is 5.92 Å². The number of hydrogen-bond donors (Lipinski definition) is 2. The van der Waals surface area contributed by atoms with Crippen molar-refractivity contribution in [3.05, 3.63) is 53.5 Å². The normalized spacial score (nSPS) is 17.7. The standard InChI is InChI=1S/C22H27N5O2/c28-14-16(12-27-9-8-17-4-1-2-5-18(17)13-27)11-23-22(29)20-10-21(25-15-24-20)26-19-6-3-7-19/h1-2,4-5,10,14-16,19H,3,6-9,11-13H2,(H,23,29)(H,24,25,26). The summed E-state index contributed by atoms with van der Waals surface area (Å²) in [6, 6.07) is 10.5. The number of nitrogens with one attached hydrogen (secondary N) is 2. The van der Waals surface area contributed by atoms with Gasteiger partial charge >= 0.3 is 0 Å². The van der Waals surface area contributed by atoms with E-state index in [0.717, 1.165) is 38.6 Å². The monoisotopic (exact) mass is 393 g/mol. The van der Waals surface area contributed by atoms with Crippen molar-refractivity contribution in [2.75, 3.05) is 25.0 Å². The summed E-state index contributed by atoms with van der Waals surface area (Å²) in [6.07, 6.45) is 6.82. The molecule has 1 atom stereocenters. The number of aldehydes is 1. The number of hydrogen-bond acceptors (Lipinski definition) is 6. The Balaban J connectivity index is 1.28. The van der Waals surface area contributed by atoms with Gasteiger partial charge in [-0.2, -0.15) is 0 Å². The fraction of sp³-hybridized carbons (Fsp3) is 0.455. The molecule has 1 aliphatic carbocycles. The molecule has 2 aliphatic rings. The second kappa shape index (κ2) is 9.13. The molecule has 2 heterocycles. The van der Waals surface area contributed by atoms with Crippen LogP contribution in [0.5, 0.6) is 0 Å². The molecule has 2 aromatic rings. The second-order valence-corrected chi connectivity index (χ2v) is 7.92. The van der Waals surface area contributed by atoms with E-state index in [-0.39, 0.29) is 11.8 Å². The number of amides is 1. The number of fused-ring (bicyclic) bond motifs is 1. The topological polar surface area (TPSA) is 87.2 Å². The molecule has 0 radical (unpaired) electrons. The summed E-state index contributed by atoms with van der Waals surface area (Å²) in [6.45, 7) is 2.71. The van der Waals surface area contributed by atoms with E-state index in [1.54, 1.807) is 6.07 Å². The number of aromatic nitrogens is 2. The van der Waals surface area contributed by atoms with Gasteiger partial charge in [-0.1, -0.05) is 24.3 Å². The molecule has 7 heteroatoms. The third kappa shape index (κ3) is 4.98. The molecule has 4 rings (SSSR count). The van der Waals surface area contributed by atoms with Crippen LogP contribution in [-0.4, -0.2) is 52.7 Å². The van der Waals surface area contributed by atoms with Crippen LogP contribution in [0, 0.1) is 5.92 Å². The summed E-state index contributed by atoms with van der Waals surface area (Å²) in [5.41, 5.74) is 3.02. The van der Waals surface area contributed by atoms with E-state index >= 15 is 0 Å². The van der Waals surface area contributed by atoms with E-state index in [9.17, 15) is 9.59 Å². The summed E-state index contributed by atoms with van der Waals surface area (Å²) in [7, 11) is 0. The minimum absolute atomic E-state index is 0.251. The third-order valence-corrected chi connectivity index (χ3v) is 5.78. The molecule has 1 saturated carbocycles. The van der Waals surface area contributed by atoms with Crippen LogP contribution < -0.4 is 10.6 Å². The van der Waals surface area contributed by atoms with Gasteiger partial charge < -0.3 is 15.4 Å². The van der Waals surface area contributed by atoms with Crippen molar-refractivity contribution in [3.63, 3.8) is 0 Å². The predicted octanol–water partition coefficient (Wildman–Crippen LogP) is 2.04. The molecule has 1 aliphatic heterocycles. The molecular formula is C22H27N5O2. The van der Waals surface area contributed by atoms with Gasteiger partial charge in [0.2, 0.25) is 0 Å². The average molecular weight is 393 g/mol. The molecule has 152 valence electrons. The maximum absolute atomic E-state index is 12.5. The van der Waals surface area contributed by atoms with E-state index in [1.165, 1.54) is 23.9 Å². The Labute approximate surface area is 170 Å². The predicted molar refractivity (Wildman–Crippen MR) is 111 cm³/mol. The highest BCUT2D eigenvalue weighted by Crippen LogP contribution is 2.22. The van der Waals surface area contributed by atoms with E-state index < -0.39 is 0 Å². The SMILES string of the molecule is O=CC(CNC(=O)c1cc(NC2CCC2)ncn1)CN1CCc2ccccc2C1. The smallest absolute Gasteiger partial charge is 0.270 e. The Morgan fingerprint density at radius 1 is 1.24 bits per heavy atom. The van der Waals surface area contributed by atoms with E-state index in [4.69, 9.17) is 0 Å². The van der Waals surface area contributed by atoms with Crippen LogP contribution in [0.25, 0.3) is 0 Å². The van der Waals surface area contributed by atoms with Gasteiger partial charge in [-0.05, 0) is 36.8 Å². The van der Waals surface area contributed by atoms with Gasteiger partial charge in [0.05, 0.1) is 0 Å². The van der Waals surface area contributed by atoms with Crippen LogP contribution in [0.3, 0.4) is 0 Å². The fourth-order valence-corrected chi connectivity index (χ4v) is 3.83. The molecule has 0 spiro atoms. The van der Waals surface area contributed by atoms with Gasteiger partial charge in [0.15, 0.2) is 0 Å². The van der Waals surface area contributed by atoms with Crippen LogP contribution in [0.1, 0.15) is 40.9 Å². The van der Waals surface area contributed by atoms with Gasteiger partial charge in [-0.3, -0.25) is 9.69 Å². The molecule has 1 unspecified atom stereocenters. The number of anilines is 1. The van der Waals surface area contributed by atoms with E-state index in [1.807, 2.05) is 0 Å². The first-order chi connectivity index (χ1) is 14.2. The van der Waals surface area contributed by atoms with Crippen molar-refractivity contribution in [1.29, 1.82) is 0 Å². The number of nitrogens with zero attached hydrogens (tertiary/aromatic N) is 3. The van der Waals surface area contributed by atoms with Gasteiger partial charge in [0.25, 0.3) is 5.91 Å². The number of benzene rings is 1. The molecule has 29 heavy (non-hydrogen) atoms. The van der Waals surface area contributed by atoms with Gasteiger partial charge in [-0.25, -0.2) is 9.97 Å². The minimum atomic E-state index is -0.278. The van der Waals surface area contributed by atoms with E-state index in [0.29, 0.717) is 30.6 Å². The third-order valence-electron chi connectivity index (χ3n) is 5.78. The highest BCUT2D eigenvalue weighted by molar-refractivity contribution is 5.92. The Morgan fingerprint density at radius 3 is 2.83 bits per heavy atom. The molecular weight excluding hydrogens is 366 g/mol. The Morgan fingerprint density at radius 2 is 2.07 bits per heavy atom. The average Bonchev–Trinajstić information content (AvgIpc) is 2.73. The molecule has 7 nitrogen and oxygen atoms in total. The number of rotatable bonds is 8. The summed E-state index contributed by atoms with van der Waals surface area (Å²) < 4.78 is 0. The highest BCUT2D eigenvalue weighted by atomic mass is 16.2. The lowest BCUT2D eigenvalue weighted by atomic mass is 9.93. The van der Waals surface area contributed by atoms with Gasteiger partial charge in [0.1, 0.15) is 24.1 Å². The zero-order valence-corrected chi connectivity index (χ0v) is 16.5. The zero-order valence-electron chi connectivity index (χ0n) is 16.5. The maximum atomic E-state index is 12.5. The summed E-state index contributed by atoms with van der Waals surface area (Å²) in [5.74, 6) is 0.146. The lowest BCUT2D eigenvalue weighted by molar-refractivity contribution is -0.111. The van der Waals surface area contributed by atoms with Gasteiger partial charge in [0, 0.05) is 44.2 Å². The Hall–Kier alpha value is -2.80. The van der Waals surface area contributed by atoms with Crippen LogP contribution in [0.2, 0.25) is 0 Å². The fourth-order valence-electron chi connectivity index (χ4n) is 3.83. The first-order valence-electron chi connectivity index (χ1n) is 10.3. The highest BCUT2D eigenvalue weighted by Gasteiger charge is 2.21. The molecule has 0 bridgehead atoms. The molecule has 1 aromatic carbocycles. The minimum Gasteiger partial charge on any atom is -0.367 e. The van der Waals surface area contributed by atoms with Gasteiger partial charge in [-0.15, -0.1) is 0 Å². The van der Waals surface area contributed by atoms with Crippen LogP contribution in [-0.2, 0) is 17.8 Å². The summed E-state index contributed by atoms with van der Waals surface area (Å²) in [5, 5.41) is 6.17. The van der Waals surface area contributed by atoms with Crippen molar-refractivity contribution >= 4 is 18.0 Å². The molecule has 1 fully saturated rings. The lowest BCUT2D eigenvalue weighted by Crippen LogP contribution is -2.40. The number of carbonyl (C=O) groups is 2. The zero-order chi connectivity index (χ0) is 20.1. The number of carbonyl (C=O) groups excluding carboxylic acids is 2. The van der Waals surface area contributed by atoms with Crippen LogP contribution in [0.4, 0.5) is 5.82 Å². The summed E-state index contributed by atoms with van der Waals surface area (Å²) >= 11 is 0. The van der Waals surface area contributed by atoms with Crippen molar-refractivity contribution < 1.29 is 9.59 Å².